The molecule has 0 aliphatic heterocycles. The van der Waals surface area contributed by atoms with E-state index in [0.29, 0.717) is 0 Å². The van der Waals surface area contributed by atoms with Gasteiger partial charge in [0.1, 0.15) is 0 Å². The van der Waals surface area contributed by atoms with Gasteiger partial charge in [0.25, 0.3) is 0 Å². The fraction of sp³-hybridized carbons (Fsp3) is 0.385. The number of hydrogen-bond acceptors (Lipinski definition) is 0. The van der Waals surface area contributed by atoms with Gasteiger partial charge in [-0.1, -0.05) is 50.0 Å². The fourth-order valence-electron chi connectivity index (χ4n) is 2.09. The van der Waals surface area contributed by atoms with Crippen LogP contribution in [0, 0.1) is 0 Å². The molecule has 0 radical (unpaired) electrons. The van der Waals surface area contributed by atoms with E-state index in [0.717, 1.165) is 6.42 Å². The number of allylic oxidation sites excluding steroid dienone is 2. The Kier molecular flexibility index (Phi) is 2.36. The molecule has 0 amide bonds. The van der Waals surface area contributed by atoms with Gasteiger partial charge in [-0.15, -0.1) is 0 Å². The lowest BCUT2D eigenvalue weighted by atomic mass is 10.1. The van der Waals surface area contributed by atoms with Crippen molar-refractivity contribution >= 4 is 13.6 Å². The minimum atomic E-state index is -0.959. The summed E-state index contributed by atoms with van der Waals surface area (Å²) in [4.78, 5) is 0. The third-order valence-electron chi connectivity index (χ3n) is 2.65. The molecule has 1 aromatic carbocycles. The first-order valence-corrected chi connectivity index (χ1v) is 9.04. The van der Waals surface area contributed by atoms with Crippen LogP contribution in [0.2, 0.25) is 25.7 Å². The predicted octanol–water partition coefficient (Wildman–Crippen LogP) is 3.96. The van der Waals surface area contributed by atoms with Crippen molar-refractivity contribution < 1.29 is 0 Å². The number of rotatable bonds is 2. The summed E-state index contributed by atoms with van der Waals surface area (Å²) in [6, 6.07) is 10.1. The van der Waals surface area contributed by atoms with E-state index in [1.807, 2.05) is 0 Å². The summed E-state index contributed by atoms with van der Waals surface area (Å²) in [6.07, 6.45) is 3.57. The summed E-state index contributed by atoms with van der Waals surface area (Å²) in [5, 5.41) is 0. The van der Waals surface area contributed by atoms with Gasteiger partial charge in [0.15, 0.2) is 0 Å². The van der Waals surface area contributed by atoms with Crippen LogP contribution in [0.15, 0.2) is 30.3 Å². The van der Waals surface area contributed by atoms with E-state index in [-0.39, 0.29) is 0 Å². The summed E-state index contributed by atoms with van der Waals surface area (Å²) in [5.41, 5.74) is 4.62. The molecule has 0 unspecified atom stereocenters. The van der Waals surface area contributed by atoms with Crippen LogP contribution in [-0.4, -0.2) is 8.07 Å². The van der Waals surface area contributed by atoms with Gasteiger partial charge in [0.2, 0.25) is 0 Å². The first kappa shape index (κ1) is 9.72. The Hall–Kier alpha value is -0.823. The maximum absolute atomic E-state index is 2.44. The molecule has 1 aliphatic carbocycles. The third-order valence-corrected chi connectivity index (χ3v) is 4.09. The molecule has 14 heavy (non-hydrogen) atoms. The molecule has 2 rings (SSSR count). The Morgan fingerprint density at radius 1 is 1.14 bits per heavy atom. The first-order chi connectivity index (χ1) is 6.56. The second-order valence-electron chi connectivity index (χ2n) is 5.33. The lowest BCUT2D eigenvalue weighted by Crippen LogP contribution is -2.19. The van der Waals surface area contributed by atoms with Crippen molar-refractivity contribution in [3.8, 4) is 0 Å². The minimum Gasteiger partial charge on any atom is -0.0766 e. The molecule has 0 N–H and O–H groups in total. The predicted molar refractivity (Wildman–Crippen MR) is 66.3 cm³/mol. The molecule has 0 fully saturated rings. The molecule has 1 aromatic rings. The van der Waals surface area contributed by atoms with Crippen LogP contribution in [0.25, 0.3) is 5.57 Å². The summed E-state index contributed by atoms with van der Waals surface area (Å²) in [5.74, 6) is 0. The molecule has 0 atom stereocenters. The van der Waals surface area contributed by atoms with Gasteiger partial charge < -0.3 is 0 Å². The topological polar surface area (TPSA) is 0 Å². The van der Waals surface area contributed by atoms with E-state index < -0.39 is 8.07 Å². The zero-order chi connectivity index (χ0) is 10.2. The summed E-state index contributed by atoms with van der Waals surface area (Å²) in [7, 11) is -0.959. The van der Waals surface area contributed by atoms with E-state index in [4.69, 9.17) is 0 Å². The highest BCUT2D eigenvalue weighted by Gasteiger charge is 2.20. The fourth-order valence-corrected chi connectivity index (χ4v) is 3.57. The van der Waals surface area contributed by atoms with Gasteiger partial charge in [-0.2, -0.15) is 0 Å². The maximum Gasteiger partial charge on any atom is 0.0487 e. The molecule has 0 bridgehead atoms. The molecule has 1 aliphatic rings. The smallest absolute Gasteiger partial charge is 0.0487 e. The average Bonchev–Trinajstić information content (AvgIpc) is 2.47. The van der Waals surface area contributed by atoms with Crippen molar-refractivity contribution in [3.05, 3.63) is 41.5 Å². The quantitative estimate of drug-likeness (QED) is 0.637. The SMILES string of the molecule is C[Si](C)(C)CC1=CCc2ccccc21. The summed E-state index contributed by atoms with van der Waals surface area (Å²) < 4.78 is 0. The molecule has 0 aromatic heterocycles. The van der Waals surface area contributed by atoms with Crippen LogP contribution in [0.5, 0.6) is 0 Å². The number of benzene rings is 1. The van der Waals surface area contributed by atoms with Crippen LogP contribution in [0.4, 0.5) is 0 Å². The summed E-state index contributed by atoms with van der Waals surface area (Å²) >= 11 is 0. The molecule has 0 spiro atoms. The highest BCUT2D eigenvalue weighted by atomic mass is 28.3. The Morgan fingerprint density at radius 3 is 2.57 bits per heavy atom. The molecule has 1 heteroatoms. The van der Waals surface area contributed by atoms with Gasteiger partial charge in [-0.25, -0.2) is 0 Å². The third kappa shape index (κ3) is 1.98. The van der Waals surface area contributed by atoms with Gasteiger partial charge in [0, 0.05) is 8.07 Å². The van der Waals surface area contributed by atoms with Crippen molar-refractivity contribution in [2.24, 2.45) is 0 Å². The van der Waals surface area contributed by atoms with Gasteiger partial charge in [-0.05, 0) is 29.2 Å². The van der Waals surface area contributed by atoms with Crippen molar-refractivity contribution in [3.63, 3.8) is 0 Å². The molecule has 0 nitrogen and oxygen atoms in total. The minimum absolute atomic E-state index is 0.959. The molecule has 0 saturated carbocycles. The Bertz CT molecular complexity index is 369. The van der Waals surface area contributed by atoms with Gasteiger partial charge >= 0.3 is 0 Å². The lowest BCUT2D eigenvalue weighted by Gasteiger charge is -2.17. The second-order valence-corrected chi connectivity index (χ2v) is 10.8. The maximum atomic E-state index is 2.44. The standard InChI is InChI=1S/C13H18Si/c1-14(2,3)10-12-9-8-11-6-4-5-7-13(11)12/h4-7,9H,8,10H2,1-3H3. The van der Waals surface area contributed by atoms with Crippen molar-refractivity contribution in [1.82, 2.24) is 0 Å². The molecular formula is C13H18Si. The van der Waals surface area contributed by atoms with E-state index in [9.17, 15) is 0 Å². The summed E-state index contributed by atoms with van der Waals surface area (Å²) in [6.45, 7) is 7.32. The Morgan fingerprint density at radius 2 is 1.86 bits per heavy atom. The van der Waals surface area contributed by atoms with Gasteiger partial charge in [0.05, 0.1) is 0 Å². The van der Waals surface area contributed by atoms with Crippen molar-refractivity contribution in [2.75, 3.05) is 0 Å². The van der Waals surface area contributed by atoms with Crippen LogP contribution in [-0.2, 0) is 6.42 Å². The van der Waals surface area contributed by atoms with E-state index in [1.54, 1.807) is 5.57 Å². The monoisotopic (exact) mass is 202 g/mol. The van der Waals surface area contributed by atoms with Crippen LogP contribution in [0.1, 0.15) is 11.1 Å². The molecule has 0 saturated heterocycles. The van der Waals surface area contributed by atoms with E-state index in [2.05, 4.69) is 50.0 Å². The van der Waals surface area contributed by atoms with Crippen molar-refractivity contribution in [2.45, 2.75) is 32.1 Å². The number of fused-ring (bicyclic) bond motifs is 1. The molecule has 74 valence electrons. The average molecular weight is 202 g/mol. The van der Waals surface area contributed by atoms with Crippen LogP contribution < -0.4 is 0 Å². The van der Waals surface area contributed by atoms with Gasteiger partial charge in [-0.3, -0.25) is 0 Å². The zero-order valence-corrected chi connectivity index (χ0v) is 10.3. The highest BCUT2D eigenvalue weighted by Crippen LogP contribution is 2.33. The first-order valence-electron chi connectivity index (χ1n) is 5.33. The van der Waals surface area contributed by atoms with Crippen molar-refractivity contribution in [1.29, 1.82) is 0 Å². The Balaban J connectivity index is 2.25. The number of hydrogen-bond donors (Lipinski definition) is 0. The second kappa shape index (κ2) is 3.39. The van der Waals surface area contributed by atoms with E-state index in [1.165, 1.54) is 17.2 Å². The molecule has 0 heterocycles. The largest absolute Gasteiger partial charge is 0.0766 e. The van der Waals surface area contributed by atoms with E-state index >= 15 is 0 Å². The zero-order valence-electron chi connectivity index (χ0n) is 9.30. The normalized spacial score (nSPS) is 15.2. The highest BCUT2D eigenvalue weighted by molar-refractivity contribution is 6.77. The lowest BCUT2D eigenvalue weighted by molar-refractivity contribution is 1.31. The van der Waals surface area contributed by atoms with Crippen LogP contribution >= 0.6 is 0 Å². The Labute approximate surface area is 87.7 Å². The van der Waals surface area contributed by atoms with Crippen LogP contribution in [0.3, 0.4) is 0 Å². The molecular weight excluding hydrogens is 184 g/mol.